The molecule has 0 aliphatic heterocycles. The van der Waals surface area contributed by atoms with E-state index in [0.717, 1.165) is 60.0 Å². The lowest BCUT2D eigenvalue weighted by Crippen LogP contribution is -2.31. The highest BCUT2D eigenvalue weighted by Crippen LogP contribution is 2.45. The van der Waals surface area contributed by atoms with Crippen molar-refractivity contribution in [2.45, 2.75) is 111 Å². The van der Waals surface area contributed by atoms with Gasteiger partial charge in [0.25, 0.3) is 0 Å². The third-order valence-corrected chi connectivity index (χ3v) is 13.1. The highest BCUT2D eigenvalue weighted by atomic mass is 32.2. The van der Waals surface area contributed by atoms with Crippen LogP contribution in [0.1, 0.15) is 75.0 Å². The molecule has 3 fully saturated rings. The molecular formula is C42H46F4N10O3S2. The Morgan fingerprint density at radius 1 is 0.705 bits per heavy atom. The summed E-state index contributed by atoms with van der Waals surface area (Å²) in [7, 11) is 0. The lowest BCUT2D eigenvalue weighted by molar-refractivity contribution is -0.0244. The van der Waals surface area contributed by atoms with Gasteiger partial charge in [-0.05, 0) is 67.5 Å². The predicted molar refractivity (Wildman–Crippen MR) is 227 cm³/mol. The fourth-order valence-electron chi connectivity index (χ4n) is 7.60. The van der Waals surface area contributed by atoms with Crippen molar-refractivity contribution in [3.8, 4) is 0 Å². The SMILES string of the molecule is C=CCn1cnc2c(N[C@@H]3C[C@H]3c3ccc(F)c(F)c3)nc(SCCC)nc21.CCCSc1nc(N[C@@H]2C[C@H]2c2ccc(F)c(F)c2)c2ncn([C@@H]3C[C@H](O)[C@@H](O)[C@H]3O)c2n1. The van der Waals surface area contributed by atoms with Crippen molar-refractivity contribution in [2.75, 3.05) is 22.1 Å². The zero-order chi connectivity index (χ0) is 42.9. The second-order valence-electron chi connectivity index (χ2n) is 15.5. The minimum Gasteiger partial charge on any atom is -0.390 e. The number of aliphatic hydroxyl groups excluding tert-OH is 3. The molecule has 4 heterocycles. The molecule has 0 spiro atoms. The van der Waals surface area contributed by atoms with Gasteiger partial charge in [0.15, 0.2) is 67.5 Å². The summed E-state index contributed by atoms with van der Waals surface area (Å²) in [6, 6.07) is 7.59. The summed E-state index contributed by atoms with van der Waals surface area (Å²) in [5.41, 5.74) is 4.00. The molecule has 0 saturated heterocycles. The second-order valence-corrected chi connectivity index (χ2v) is 17.6. The zero-order valence-electron chi connectivity index (χ0n) is 33.4. The quantitative estimate of drug-likeness (QED) is 0.0300. The van der Waals surface area contributed by atoms with Crippen LogP contribution in [0.4, 0.5) is 29.2 Å². The molecule has 5 N–H and O–H groups in total. The Morgan fingerprint density at radius 3 is 1.72 bits per heavy atom. The van der Waals surface area contributed by atoms with E-state index in [9.17, 15) is 32.9 Å². The third-order valence-electron chi connectivity index (χ3n) is 11.0. The number of allylic oxidation sites excluding steroid dienone is 1. The predicted octanol–water partition coefficient (Wildman–Crippen LogP) is 7.36. The van der Waals surface area contributed by atoms with Crippen LogP contribution in [0.5, 0.6) is 0 Å². The maximum atomic E-state index is 13.7. The molecule has 19 heteroatoms. The topological polar surface area (TPSA) is 172 Å². The van der Waals surface area contributed by atoms with Crippen LogP contribution in [0.3, 0.4) is 0 Å². The smallest absolute Gasteiger partial charge is 0.191 e. The number of benzene rings is 2. The number of hydrogen-bond donors (Lipinski definition) is 5. The van der Waals surface area contributed by atoms with Crippen molar-refractivity contribution in [3.63, 3.8) is 0 Å². The zero-order valence-corrected chi connectivity index (χ0v) is 35.1. The van der Waals surface area contributed by atoms with E-state index in [1.807, 2.05) is 4.57 Å². The summed E-state index contributed by atoms with van der Waals surface area (Å²) in [4.78, 5) is 27.5. The van der Waals surface area contributed by atoms with Gasteiger partial charge in [0.1, 0.15) is 12.2 Å². The molecule has 322 valence electrons. The Labute approximate surface area is 357 Å². The molecule has 0 amide bonds. The highest BCUT2D eigenvalue weighted by Gasteiger charge is 2.43. The van der Waals surface area contributed by atoms with Gasteiger partial charge in [-0.3, -0.25) is 0 Å². The van der Waals surface area contributed by atoms with Crippen LogP contribution >= 0.6 is 23.5 Å². The fourth-order valence-corrected chi connectivity index (χ4v) is 8.98. The fraction of sp³-hybridized carbons (Fsp3) is 0.429. The molecule has 4 aromatic heterocycles. The normalized spacial score (nSPS) is 24.1. The van der Waals surface area contributed by atoms with Crippen molar-refractivity contribution < 1.29 is 32.9 Å². The summed E-state index contributed by atoms with van der Waals surface area (Å²) < 4.78 is 57.3. The molecule has 6 aromatic rings. The first kappa shape index (κ1) is 42.9. The number of aromatic nitrogens is 8. The van der Waals surface area contributed by atoms with Crippen molar-refractivity contribution in [2.24, 2.45) is 0 Å². The average Bonchev–Trinajstić information content (AvgIpc) is 4.08. The molecule has 0 unspecified atom stereocenters. The van der Waals surface area contributed by atoms with Crippen molar-refractivity contribution in [3.05, 3.63) is 96.1 Å². The van der Waals surface area contributed by atoms with E-state index >= 15 is 0 Å². The molecule has 9 rings (SSSR count). The van der Waals surface area contributed by atoms with Gasteiger partial charge in [0.05, 0.1) is 24.8 Å². The lowest BCUT2D eigenvalue weighted by atomic mass is 10.1. The molecule has 13 nitrogen and oxygen atoms in total. The highest BCUT2D eigenvalue weighted by molar-refractivity contribution is 7.99. The molecule has 2 aromatic carbocycles. The monoisotopic (exact) mass is 878 g/mol. The van der Waals surface area contributed by atoms with Gasteiger partial charge in [-0.1, -0.05) is 55.6 Å². The molecule has 3 aliphatic rings. The summed E-state index contributed by atoms with van der Waals surface area (Å²) in [5, 5.41) is 38.5. The van der Waals surface area contributed by atoms with E-state index in [4.69, 9.17) is 0 Å². The number of nitrogens with one attached hydrogen (secondary N) is 2. The maximum Gasteiger partial charge on any atom is 0.191 e. The van der Waals surface area contributed by atoms with Crippen molar-refractivity contribution >= 4 is 57.5 Å². The van der Waals surface area contributed by atoms with Crippen LogP contribution in [-0.2, 0) is 6.54 Å². The van der Waals surface area contributed by atoms with Crippen LogP contribution in [-0.4, -0.2) is 96.3 Å². The first-order valence-electron chi connectivity index (χ1n) is 20.3. The van der Waals surface area contributed by atoms with E-state index in [0.29, 0.717) is 45.2 Å². The van der Waals surface area contributed by atoms with Crippen molar-refractivity contribution in [1.82, 2.24) is 39.0 Å². The number of imidazole rings is 2. The van der Waals surface area contributed by atoms with Gasteiger partial charge in [-0.2, -0.15) is 0 Å². The first-order chi connectivity index (χ1) is 29.5. The van der Waals surface area contributed by atoms with Gasteiger partial charge < -0.3 is 35.1 Å². The van der Waals surface area contributed by atoms with E-state index in [2.05, 4.69) is 61.0 Å². The number of halogens is 4. The second kappa shape index (κ2) is 18.3. The van der Waals surface area contributed by atoms with Crippen molar-refractivity contribution in [1.29, 1.82) is 0 Å². The van der Waals surface area contributed by atoms with Crippen LogP contribution in [0.15, 0.2) is 72.0 Å². The summed E-state index contributed by atoms with van der Waals surface area (Å²) in [6.07, 6.45) is 5.40. The number of anilines is 2. The third kappa shape index (κ3) is 9.21. The average molecular weight is 879 g/mol. The van der Waals surface area contributed by atoms with Gasteiger partial charge in [-0.25, -0.2) is 47.5 Å². The number of aliphatic hydroxyl groups is 3. The summed E-state index contributed by atoms with van der Waals surface area (Å²) in [5.74, 6) is -0.241. The van der Waals surface area contributed by atoms with Crippen LogP contribution < -0.4 is 10.6 Å². The van der Waals surface area contributed by atoms with Crippen LogP contribution in [0, 0.1) is 23.3 Å². The van der Waals surface area contributed by atoms with E-state index in [-0.39, 0.29) is 30.3 Å². The molecular weight excluding hydrogens is 833 g/mol. The number of fused-ring (bicyclic) bond motifs is 2. The molecule has 3 aliphatic carbocycles. The minimum absolute atomic E-state index is 0.0112. The largest absolute Gasteiger partial charge is 0.390 e. The summed E-state index contributed by atoms with van der Waals surface area (Å²) >= 11 is 3.11. The van der Waals surface area contributed by atoms with E-state index < -0.39 is 47.6 Å². The minimum atomic E-state index is -1.23. The van der Waals surface area contributed by atoms with E-state index in [1.54, 1.807) is 40.9 Å². The Hall–Kier alpha value is -4.82. The Balaban J connectivity index is 0.000000171. The number of rotatable bonds is 15. The molecule has 0 bridgehead atoms. The first-order valence-corrected chi connectivity index (χ1v) is 22.3. The standard InChI is InChI=1S/C22H25F2N5O3S.C20H21F2N5S/c1-2-5-33-22-27-20(26-14-7-11(14)10-3-4-12(23)13(24)6-10)17-21(28-22)29(9-25-17)15-8-16(30)19(32)18(15)31;1-3-7-27-11-23-17-18(25-20(26-19(17)27)28-8-4-2)24-16-10-13(16)12-5-6-14(21)15(22)9-12/h3-4,6,9,11,14-16,18-19,30-32H,2,5,7-8H2,1H3,(H,26,27,28);3,5-6,9,11,13,16H,1,4,7-8,10H2,2H3,(H,24,25,26)/t11-,14+,15+,16-,18-,19+;13-,16+/m00/s1. The van der Waals surface area contributed by atoms with Crippen LogP contribution in [0.25, 0.3) is 22.3 Å². The number of thioether (sulfide) groups is 2. The Morgan fingerprint density at radius 2 is 1.23 bits per heavy atom. The lowest BCUT2D eigenvalue weighted by Gasteiger charge is -2.18. The molecule has 8 atom stereocenters. The van der Waals surface area contributed by atoms with Crippen LogP contribution in [0.2, 0.25) is 0 Å². The number of nitrogens with zero attached hydrogens (tertiary/aromatic N) is 8. The maximum absolute atomic E-state index is 13.7. The Bertz CT molecular complexity index is 2540. The summed E-state index contributed by atoms with van der Waals surface area (Å²) in [6.45, 7) is 8.57. The molecule has 61 heavy (non-hydrogen) atoms. The van der Waals surface area contributed by atoms with Gasteiger partial charge in [0.2, 0.25) is 0 Å². The van der Waals surface area contributed by atoms with Gasteiger partial charge in [-0.15, -0.1) is 6.58 Å². The number of hydrogen-bond acceptors (Lipinski definition) is 13. The Kier molecular flexibility index (Phi) is 12.8. The van der Waals surface area contributed by atoms with Gasteiger partial charge in [0, 0.05) is 42.0 Å². The molecule has 0 radical (unpaired) electrons. The van der Waals surface area contributed by atoms with Gasteiger partial charge >= 0.3 is 0 Å². The molecule has 3 saturated carbocycles. The van der Waals surface area contributed by atoms with E-state index in [1.165, 1.54) is 36.3 Å².